The Morgan fingerprint density at radius 1 is 1.35 bits per heavy atom. The maximum Gasteiger partial charge on any atom is 0.190 e. The average molecular weight is 248 g/mol. The molecule has 4 nitrogen and oxygen atoms in total. The monoisotopic (exact) mass is 248 g/mol. The summed E-state index contributed by atoms with van der Waals surface area (Å²) in [6, 6.07) is 8.43. The van der Waals surface area contributed by atoms with Gasteiger partial charge in [-0.2, -0.15) is 5.10 Å². The van der Waals surface area contributed by atoms with Crippen LogP contribution in [0.5, 0.6) is 0 Å². The Hall–Kier alpha value is -1.33. The zero-order valence-corrected chi connectivity index (χ0v) is 10.8. The van der Waals surface area contributed by atoms with Gasteiger partial charge in [0, 0.05) is 18.0 Å². The molecule has 2 N–H and O–H groups in total. The maximum atomic E-state index is 5.97. The standard InChI is InChI=1S/C12H16N4S/c1-3-11(13)9-4-6-10(7-5-9)17-12-14-8-15-16(12)2/h4-8,11H,3,13H2,1-2H3/t11-/m0/s1. The summed E-state index contributed by atoms with van der Waals surface area (Å²) in [5.41, 5.74) is 7.15. The van der Waals surface area contributed by atoms with Crippen LogP contribution in [0.3, 0.4) is 0 Å². The van der Waals surface area contributed by atoms with Crippen LogP contribution in [-0.4, -0.2) is 14.8 Å². The number of nitrogens with zero attached hydrogens (tertiary/aromatic N) is 3. The van der Waals surface area contributed by atoms with Gasteiger partial charge in [-0.3, -0.25) is 0 Å². The van der Waals surface area contributed by atoms with E-state index in [4.69, 9.17) is 5.73 Å². The number of rotatable bonds is 4. The normalized spacial score (nSPS) is 12.6. The lowest BCUT2D eigenvalue weighted by Gasteiger charge is -2.09. The Balaban J connectivity index is 2.11. The van der Waals surface area contributed by atoms with Crippen molar-refractivity contribution in [3.8, 4) is 0 Å². The molecule has 2 rings (SSSR count). The van der Waals surface area contributed by atoms with Crippen LogP contribution in [-0.2, 0) is 7.05 Å². The highest BCUT2D eigenvalue weighted by Crippen LogP contribution is 2.26. The summed E-state index contributed by atoms with van der Waals surface area (Å²) in [4.78, 5) is 5.32. The summed E-state index contributed by atoms with van der Waals surface area (Å²) in [5, 5.41) is 4.92. The second kappa shape index (κ2) is 5.33. The molecule has 0 amide bonds. The summed E-state index contributed by atoms with van der Waals surface area (Å²) < 4.78 is 1.76. The molecule has 0 saturated heterocycles. The molecule has 90 valence electrons. The van der Waals surface area contributed by atoms with Crippen molar-refractivity contribution in [2.75, 3.05) is 0 Å². The highest BCUT2D eigenvalue weighted by Gasteiger charge is 2.05. The van der Waals surface area contributed by atoms with Gasteiger partial charge in [0.25, 0.3) is 0 Å². The minimum Gasteiger partial charge on any atom is -0.324 e. The first-order chi connectivity index (χ1) is 8.20. The zero-order chi connectivity index (χ0) is 12.3. The Labute approximate surface area is 105 Å². The van der Waals surface area contributed by atoms with Crippen LogP contribution in [0, 0.1) is 0 Å². The van der Waals surface area contributed by atoms with Gasteiger partial charge in [-0.05, 0) is 24.1 Å². The van der Waals surface area contributed by atoms with Gasteiger partial charge < -0.3 is 5.73 Å². The van der Waals surface area contributed by atoms with Gasteiger partial charge >= 0.3 is 0 Å². The van der Waals surface area contributed by atoms with E-state index in [9.17, 15) is 0 Å². The maximum absolute atomic E-state index is 5.97. The van der Waals surface area contributed by atoms with Gasteiger partial charge in [-0.15, -0.1) is 0 Å². The molecule has 0 aliphatic carbocycles. The van der Waals surface area contributed by atoms with Crippen molar-refractivity contribution in [1.29, 1.82) is 0 Å². The molecule has 1 heterocycles. The molecule has 0 aliphatic heterocycles. The van der Waals surface area contributed by atoms with E-state index in [0.717, 1.165) is 16.5 Å². The van der Waals surface area contributed by atoms with Crippen molar-refractivity contribution in [3.05, 3.63) is 36.2 Å². The lowest BCUT2D eigenvalue weighted by atomic mass is 10.1. The van der Waals surface area contributed by atoms with Gasteiger partial charge in [0.2, 0.25) is 0 Å². The molecule has 2 aromatic rings. The van der Waals surface area contributed by atoms with E-state index >= 15 is 0 Å². The van der Waals surface area contributed by atoms with Crippen molar-refractivity contribution in [1.82, 2.24) is 14.8 Å². The topological polar surface area (TPSA) is 56.7 Å². The largest absolute Gasteiger partial charge is 0.324 e. The number of hydrogen-bond acceptors (Lipinski definition) is 4. The van der Waals surface area contributed by atoms with Gasteiger partial charge in [-0.25, -0.2) is 9.67 Å². The van der Waals surface area contributed by atoms with E-state index in [2.05, 4.69) is 41.3 Å². The van der Waals surface area contributed by atoms with Crippen molar-refractivity contribution < 1.29 is 0 Å². The summed E-state index contributed by atoms with van der Waals surface area (Å²) in [5.74, 6) is 0. The molecule has 0 bridgehead atoms. The summed E-state index contributed by atoms with van der Waals surface area (Å²) >= 11 is 1.60. The Morgan fingerprint density at radius 2 is 2.06 bits per heavy atom. The fourth-order valence-electron chi connectivity index (χ4n) is 1.50. The molecule has 0 saturated carbocycles. The van der Waals surface area contributed by atoms with E-state index in [1.807, 2.05) is 7.05 Å². The van der Waals surface area contributed by atoms with Crippen LogP contribution < -0.4 is 5.73 Å². The number of aromatic nitrogens is 3. The molecule has 0 spiro atoms. The van der Waals surface area contributed by atoms with Gasteiger partial charge in [0.1, 0.15) is 6.33 Å². The van der Waals surface area contributed by atoms with E-state index < -0.39 is 0 Å². The van der Waals surface area contributed by atoms with Gasteiger partial charge in [-0.1, -0.05) is 30.8 Å². The van der Waals surface area contributed by atoms with Crippen LogP contribution in [0.4, 0.5) is 0 Å². The van der Waals surface area contributed by atoms with Crippen molar-refractivity contribution in [2.45, 2.75) is 29.4 Å². The zero-order valence-electron chi connectivity index (χ0n) is 10.00. The molecule has 17 heavy (non-hydrogen) atoms. The van der Waals surface area contributed by atoms with Crippen LogP contribution in [0.2, 0.25) is 0 Å². The van der Waals surface area contributed by atoms with E-state index in [1.54, 1.807) is 22.8 Å². The smallest absolute Gasteiger partial charge is 0.190 e. The second-order valence-electron chi connectivity index (χ2n) is 3.85. The quantitative estimate of drug-likeness (QED) is 0.902. The first-order valence-corrected chi connectivity index (χ1v) is 6.39. The van der Waals surface area contributed by atoms with Crippen molar-refractivity contribution in [3.63, 3.8) is 0 Å². The van der Waals surface area contributed by atoms with Gasteiger partial charge in [0.05, 0.1) is 0 Å². The highest BCUT2D eigenvalue weighted by molar-refractivity contribution is 7.99. The lowest BCUT2D eigenvalue weighted by Crippen LogP contribution is -2.07. The number of aryl methyl sites for hydroxylation is 1. The molecule has 0 aliphatic rings. The minimum atomic E-state index is 0.129. The molecule has 5 heteroatoms. The molecule has 0 unspecified atom stereocenters. The SMILES string of the molecule is CC[C@H](N)c1ccc(Sc2ncnn2C)cc1. The Kier molecular flexibility index (Phi) is 3.81. The molecule has 1 aromatic heterocycles. The second-order valence-corrected chi connectivity index (χ2v) is 4.89. The molecule has 1 atom stereocenters. The van der Waals surface area contributed by atoms with E-state index in [1.165, 1.54) is 5.56 Å². The summed E-state index contributed by atoms with van der Waals surface area (Å²) in [6.45, 7) is 2.09. The molecule has 0 fully saturated rings. The predicted molar refractivity (Wildman–Crippen MR) is 68.8 cm³/mol. The summed E-state index contributed by atoms with van der Waals surface area (Å²) in [7, 11) is 1.89. The van der Waals surface area contributed by atoms with Crippen LogP contribution in [0.1, 0.15) is 24.9 Å². The predicted octanol–water partition coefficient (Wildman–Crippen LogP) is 2.38. The number of hydrogen-bond donors (Lipinski definition) is 1. The first kappa shape index (κ1) is 12.1. The highest BCUT2D eigenvalue weighted by atomic mass is 32.2. The van der Waals surface area contributed by atoms with Crippen LogP contribution >= 0.6 is 11.8 Å². The molecule has 0 radical (unpaired) electrons. The average Bonchev–Trinajstić information content (AvgIpc) is 2.75. The van der Waals surface area contributed by atoms with Crippen LogP contribution in [0.15, 0.2) is 40.6 Å². The van der Waals surface area contributed by atoms with Crippen molar-refractivity contribution >= 4 is 11.8 Å². The molecular weight excluding hydrogens is 232 g/mol. The van der Waals surface area contributed by atoms with Gasteiger partial charge in [0.15, 0.2) is 5.16 Å². The Morgan fingerprint density at radius 3 is 2.59 bits per heavy atom. The van der Waals surface area contributed by atoms with Crippen molar-refractivity contribution in [2.24, 2.45) is 12.8 Å². The molecule has 1 aromatic carbocycles. The minimum absolute atomic E-state index is 0.129. The van der Waals surface area contributed by atoms with Crippen LogP contribution in [0.25, 0.3) is 0 Å². The fourth-order valence-corrected chi connectivity index (χ4v) is 2.26. The summed E-state index contributed by atoms with van der Waals surface area (Å²) in [6.07, 6.45) is 2.51. The van der Waals surface area contributed by atoms with E-state index in [0.29, 0.717) is 0 Å². The fraction of sp³-hybridized carbons (Fsp3) is 0.333. The van der Waals surface area contributed by atoms with E-state index in [-0.39, 0.29) is 6.04 Å². The number of benzene rings is 1. The lowest BCUT2D eigenvalue weighted by molar-refractivity contribution is 0.685. The molecular formula is C12H16N4S. The number of nitrogens with two attached hydrogens (primary N) is 1. The third kappa shape index (κ3) is 2.87. The third-order valence-corrected chi connectivity index (χ3v) is 3.69. The third-order valence-electron chi connectivity index (χ3n) is 2.63. The first-order valence-electron chi connectivity index (χ1n) is 5.58. The Bertz CT molecular complexity index is 478.